The smallest absolute Gasteiger partial charge is 0.124 e. The summed E-state index contributed by atoms with van der Waals surface area (Å²) in [5.41, 5.74) is 1.66. The van der Waals surface area contributed by atoms with Gasteiger partial charge in [-0.1, -0.05) is 0 Å². The summed E-state index contributed by atoms with van der Waals surface area (Å²) in [6.07, 6.45) is 7.77. The van der Waals surface area contributed by atoms with Crippen LogP contribution >= 0.6 is 15.9 Å². The molecule has 1 aromatic rings. The molecule has 3 fully saturated rings. The minimum absolute atomic E-state index is 0.457. The Morgan fingerprint density at radius 3 is 2.42 bits per heavy atom. The molecule has 1 heterocycles. The van der Waals surface area contributed by atoms with Crippen molar-refractivity contribution in [3.05, 3.63) is 22.7 Å². The van der Waals surface area contributed by atoms with Crippen molar-refractivity contribution in [1.82, 2.24) is 9.97 Å². The predicted octanol–water partition coefficient (Wildman–Crippen LogP) is 2.29. The fourth-order valence-corrected chi connectivity index (χ4v) is 2.58. The number of nitrogens with zero attached hydrogens (tertiary/aromatic N) is 2. The second-order valence-corrected chi connectivity index (χ2v) is 4.80. The van der Waals surface area contributed by atoms with Gasteiger partial charge in [0.05, 0.1) is 18.1 Å². The summed E-state index contributed by atoms with van der Waals surface area (Å²) in [5, 5.41) is 0. The third kappa shape index (κ3) is 0.750. The lowest BCUT2D eigenvalue weighted by molar-refractivity contribution is -0.0311. The van der Waals surface area contributed by atoms with Crippen LogP contribution in [-0.2, 0) is 5.41 Å². The first kappa shape index (κ1) is 7.01. The molecule has 2 nitrogen and oxygen atoms in total. The summed E-state index contributed by atoms with van der Waals surface area (Å²) < 4.78 is 0.831. The van der Waals surface area contributed by atoms with Crippen LogP contribution in [-0.4, -0.2) is 9.97 Å². The summed E-state index contributed by atoms with van der Waals surface area (Å²) in [6, 6.07) is 0. The van der Waals surface area contributed by atoms with Gasteiger partial charge in [-0.25, -0.2) is 4.98 Å². The van der Waals surface area contributed by atoms with E-state index in [1.54, 1.807) is 6.20 Å². The second kappa shape index (κ2) is 2.08. The monoisotopic (exact) mass is 224 g/mol. The predicted molar refractivity (Wildman–Crippen MR) is 48.8 cm³/mol. The van der Waals surface area contributed by atoms with E-state index >= 15 is 0 Å². The van der Waals surface area contributed by atoms with Crippen LogP contribution < -0.4 is 0 Å². The maximum atomic E-state index is 4.40. The number of aromatic nitrogens is 2. The zero-order valence-corrected chi connectivity index (χ0v) is 8.21. The van der Waals surface area contributed by atoms with Gasteiger partial charge in [0.1, 0.15) is 4.60 Å². The number of halogens is 1. The first-order valence-electron chi connectivity index (χ1n) is 4.27. The van der Waals surface area contributed by atoms with Crippen LogP contribution in [0.15, 0.2) is 17.0 Å². The molecule has 3 aliphatic carbocycles. The van der Waals surface area contributed by atoms with Crippen molar-refractivity contribution in [2.24, 2.45) is 5.92 Å². The van der Waals surface area contributed by atoms with E-state index < -0.39 is 0 Å². The Hall–Kier alpha value is -0.440. The molecule has 3 saturated carbocycles. The van der Waals surface area contributed by atoms with Crippen LogP contribution in [0.3, 0.4) is 0 Å². The quantitative estimate of drug-likeness (QED) is 0.732. The molecule has 0 saturated heterocycles. The Labute approximate surface area is 79.6 Å². The lowest BCUT2D eigenvalue weighted by Gasteiger charge is -2.61. The van der Waals surface area contributed by atoms with E-state index in [1.165, 1.54) is 25.0 Å². The van der Waals surface area contributed by atoms with E-state index in [4.69, 9.17) is 0 Å². The summed E-state index contributed by atoms with van der Waals surface area (Å²) in [4.78, 5) is 8.61. The highest BCUT2D eigenvalue weighted by Gasteiger charge is 2.58. The van der Waals surface area contributed by atoms with Gasteiger partial charge in [0.2, 0.25) is 0 Å². The van der Waals surface area contributed by atoms with Gasteiger partial charge in [-0.3, -0.25) is 4.98 Å². The maximum absolute atomic E-state index is 4.40. The van der Waals surface area contributed by atoms with Crippen LogP contribution in [0.25, 0.3) is 0 Å². The van der Waals surface area contributed by atoms with Crippen LogP contribution in [0.1, 0.15) is 25.0 Å². The third-order valence-electron chi connectivity index (χ3n) is 3.20. The van der Waals surface area contributed by atoms with E-state index in [2.05, 4.69) is 25.9 Å². The SMILES string of the molecule is Brc1cnc(C23CC(C2)C3)cn1. The molecule has 3 aliphatic rings. The Kier molecular flexibility index (Phi) is 1.21. The summed E-state index contributed by atoms with van der Waals surface area (Å²) in [7, 11) is 0. The number of hydrogen-bond acceptors (Lipinski definition) is 2. The molecule has 12 heavy (non-hydrogen) atoms. The van der Waals surface area contributed by atoms with Gasteiger partial charge in [0.25, 0.3) is 0 Å². The van der Waals surface area contributed by atoms with Crippen molar-refractivity contribution in [3.63, 3.8) is 0 Å². The Balaban J connectivity index is 1.96. The van der Waals surface area contributed by atoms with E-state index in [0.29, 0.717) is 5.41 Å². The first-order valence-corrected chi connectivity index (χ1v) is 5.06. The fourth-order valence-electron chi connectivity index (χ4n) is 2.38. The third-order valence-corrected chi connectivity index (χ3v) is 3.61. The van der Waals surface area contributed by atoms with Gasteiger partial charge in [0.15, 0.2) is 0 Å². The summed E-state index contributed by atoms with van der Waals surface area (Å²) in [6.45, 7) is 0. The highest BCUT2D eigenvalue weighted by Crippen LogP contribution is 2.64. The lowest BCUT2D eigenvalue weighted by Crippen LogP contribution is -2.55. The average Bonchev–Trinajstić information content (AvgIpc) is 1.87. The highest BCUT2D eigenvalue weighted by atomic mass is 79.9. The largest absolute Gasteiger partial charge is 0.256 e. The van der Waals surface area contributed by atoms with E-state index in [-0.39, 0.29) is 0 Å². The van der Waals surface area contributed by atoms with Crippen molar-refractivity contribution >= 4 is 15.9 Å². The van der Waals surface area contributed by atoms with E-state index in [0.717, 1.165) is 10.5 Å². The minimum atomic E-state index is 0.457. The molecule has 3 heteroatoms. The van der Waals surface area contributed by atoms with Gasteiger partial charge in [-0.05, 0) is 41.1 Å². The Morgan fingerprint density at radius 1 is 1.25 bits per heavy atom. The minimum Gasteiger partial charge on any atom is -0.256 e. The standard InChI is InChI=1S/C9H9BrN2/c10-8-5-11-7(4-12-8)9-1-6(2-9)3-9/h4-6H,1-3H2. The molecule has 0 spiro atoms. The van der Waals surface area contributed by atoms with Crippen molar-refractivity contribution in [3.8, 4) is 0 Å². The Bertz CT molecular complexity index is 303. The zero-order chi connectivity index (χ0) is 8.18. The summed E-state index contributed by atoms with van der Waals surface area (Å²) >= 11 is 3.29. The molecule has 0 N–H and O–H groups in total. The van der Waals surface area contributed by atoms with Crippen molar-refractivity contribution in [2.45, 2.75) is 24.7 Å². The van der Waals surface area contributed by atoms with Crippen molar-refractivity contribution < 1.29 is 0 Å². The topological polar surface area (TPSA) is 25.8 Å². The van der Waals surface area contributed by atoms with Crippen LogP contribution in [0, 0.1) is 5.92 Å². The zero-order valence-electron chi connectivity index (χ0n) is 6.63. The van der Waals surface area contributed by atoms with Crippen LogP contribution in [0.2, 0.25) is 0 Å². The molecule has 0 aromatic carbocycles. The average molecular weight is 225 g/mol. The molecule has 1 aromatic heterocycles. The van der Waals surface area contributed by atoms with E-state index in [1.807, 2.05) is 6.20 Å². The van der Waals surface area contributed by atoms with Gasteiger partial charge >= 0.3 is 0 Å². The second-order valence-electron chi connectivity index (χ2n) is 3.98. The molecule has 0 radical (unpaired) electrons. The maximum Gasteiger partial charge on any atom is 0.124 e. The number of rotatable bonds is 1. The normalized spacial score (nSPS) is 36.9. The van der Waals surface area contributed by atoms with Crippen LogP contribution in [0.5, 0.6) is 0 Å². The van der Waals surface area contributed by atoms with Gasteiger partial charge in [0, 0.05) is 5.41 Å². The van der Waals surface area contributed by atoms with Gasteiger partial charge in [-0.2, -0.15) is 0 Å². The molecule has 0 amide bonds. The molecule has 2 bridgehead atoms. The summed E-state index contributed by atoms with van der Waals surface area (Å²) in [5.74, 6) is 1.01. The van der Waals surface area contributed by atoms with Crippen molar-refractivity contribution in [2.75, 3.05) is 0 Å². The molecule has 0 unspecified atom stereocenters. The Morgan fingerprint density at radius 2 is 2.00 bits per heavy atom. The van der Waals surface area contributed by atoms with Gasteiger partial charge < -0.3 is 0 Å². The molecule has 0 atom stereocenters. The molecule has 62 valence electrons. The van der Waals surface area contributed by atoms with Crippen molar-refractivity contribution in [1.29, 1.82) is 0 Å². The molecule has 4 rings (SSSR count). The number of hydrogen-bond donors (Lipinski definition) is 0. The molecule has 0 aliphatic heterocycles. The van der Waals surface area contributed by atoms with Crippen LogP contribution in [0.4, 0.5) is 0 Å². The highest BCUT2D eigenvalue weighted by molar-refractivity contribution is 9.10. The molecular weight excluding hydrogens is 216 g/mol. The molecular formula is C9H9BrN2. The first-order chi connectivity index (χ1) is 5.78. The van der Waals surface area contributed by atoms with E-state index in [9.17, 15) is 0 Å². The lowest BCUT2D eigenvalue weighted by atomic mass is 9.43. The van der Waals surface area contributed by atoms with Gasteiger partial charge in [-0.15, -0.1) is 0 Å². The fraction of sp³-hybridized carbons (Fsp3) is 0.556.